The molecular weight excluding hydrogens is 378 g/mol. The van der Waals surface area contributed by atoms with Crippen molar-refractivity contribution in [2.24, 2.45) is 0 Å². The van der Waals surface area contributed by atoms with Gasteiger partial charge in [-0.3, -0.25) is 14.5 Å². The molecule has 3 rings (SSSR count). The first-order chi connectivity index (χ1) is 12.4. The molecule has 2 atom stereocenters. The molecule has 0 aliphatic rings. The fourth-order valence-electron chi connectivity index (χ4n) is 2.56. The lowest BCUT2D eigenvalue weighted by atomic mass is 10.1. The van der Waals surface area contributed by atoms with Crippen LogP contribution in [0.25, 0.3) is 10.7 Å². The quantitative estimate of drug-likeness (QED) is 0.631. The van der Waals surface area contributed by atoms with E-state index in [-0.39, 0.29) is 5.91 Å². The number of aromatic nitrogens is 3. The number of halogens is 2. The molecule has 2 N–H and O–H groups in total. The minimum Gasteiger partial charge on any atom is -0.348 e. The number of hydrogen-bond donors (Lipinski definition) is 2. The number of benzene rings is 1. The first-order valence-electron chi connectivity index (χ1n) is 7.84. The molecule has 5 nitrogen and oxygen atoms in total. The van der Waals surface area contributed by atoms with Gasteiger partial charge >= 0.3 is 0 Å². The van der Waals surface area contributed by atoms with Gasteiger partial charge in [0.1, 0.15) is 6.04 Å². The van der Waals surface area contributed by atoms with E-state index < -0.39 is 23.7 Å². The van der Waals surface area contributed by atoms with E-state index in [9.17, 15) is 13.6 Å². The van der Waals surface area contributed by atoms with Crippen LogP contribution in [0.3, 0.4) is 0 Å². The summed E-state index contributed by atoms with van der Waals surface area (Å²) in [7, 11) is 0. The third-order valence-electron chi connectivity index (χ3n) is 4.02. The van der Waals surface area contributed by atoms with E-state index in [1.54, 1.807) is 18.4 Å². The third kappa shape index (κ3) is 3.58. The summed E-state index contributed by atoms with van der Waals surface area (Å²) in [5.41, 5.74) is 0.471. The normalized spacial score (nSPS) is 13.4. The Bertz CT molecular complexity index is 981. The smallest absolute Gasteiger partial charge is 0.243 e. The second kappa shape index (κ2) is 7.46. The van der Waals surface area contributed by atoms with Crippen LogP contribution in [-0.4, -0.2) is 20.7 Å². The molecule has 136 valence electrons. The SMILES string of the molecule is C[C@H](NC(=O)[C@H](C)n1c(-c2cccs2)n[nH]c1=S)c1ccc(F)c(F)c1. The van der Waals surface area contributed by atoms with Gasteiger partial charge in [-0.2, -0.15) is 5.10 Å². The minimum atomic E-state index is -0.950. The highest BCUT2D eigenvalue weighted by molar-refractivity contribution is 7.71. The number of nitrogens with one attached hydrogen (secondary N) is 2. The third-order valence-corrected chi connectivity index (χ3v) is 5.17. The number of carbonyl (C=O) groups excluding carboxylic acids is 1. The van der Waals surface area contributed by atoms with Crippen molar-refractivity contribution in [3.8, 4) is 10.7 Å². The predicted octanol–water partition coefficient (Wildman–Crippen LogP) is 4.39. The van der Waals surface area contributed by atoms with Crippen LogP contribution in [0.4, 0.5) is 8.78 Å². The summed E-state index contributed by atoms with van der Waals surface area (Å²) in [6.45, 7) is 3.40. The van der Waals surface area contributed by atoms with E-state index in [0.717, 1.165) is 17.0 Å². The van der Waals surface area contributed by atoms with Crippen LogP contribution in [-0.2, 0) is 4.79 Å². The molecule has 26 heavy (non-hydrogen) atoms. The molecule has 0 aliphatic heterocycles. The van der Waals surface area contributed by atoms with Gasteiger partial charge in [-0.25, -0.2) is 8.78 Å². The first kappa shape index (κ1) is 18.4. The average Bonchev–Trinajstić information content (AvgIpc) is 3.25. The molecule has 2 aromatic heterocycles. The van der Waals surface area contributed by atoms with Crippen LogP contribution < -0.4 is 5.32 Å². The molecule has 0 fully saturated rings. The maximum absolute atomic E-state index is 13.4. The highest BCUT2D eigenvalue weighted by Gasteiger charge is 2.23. The van der Waals surface area contributed by atoms with Crippen molar-refractivity contribution in [1.29, 1.82) is 0 Å². The van der Waals surface area contributed by atoms with E-state index in [1.165, 1.54) is 17.4 Å². The highest BCUT2D eigenvalue weighted by Crippen LogP contribution is 2.26. The molecule has 1 aromatic carbocycles. The van der Waals surface area contributed by atoms with Gasteiger partial charge in [0.15, 0.2) is 22.2 Å². The Morgan fingerprint density at radius 1 is 1.31 bits per heavy atom. The van der Waals surface area contributed by atoms with Gasteiger partial charge in [0, 0.05) is 0 Å². The van der Waals surface area contributed by atoms with Crippen molar-refractivity contribution in [3.05, 3.63) is 57.7 Å². The van der Waals surface area contributed by atoms with Crippen LogP contribution >= 0.6 is 23.6 Å². The molecule has 0 saturated carbocycles. The summed E-state index contributed by atoms with van der Waals surface area (Å²) in [5, 5.41) is 11.6. The number of thiophene rings is 1. The van der Waals surface area contributed by atoms with Gasteiger partial charge in [-0.05, 0) is 55.2 Å². The second-order valence-electron chi connectivity index (χ2n) is 5.78. The number of nitrogens with zero attached hydrogens (tertiary/aromatic N) is 2. The average molecular weight is 394 g/mol. The molecule has 1 amide bonds. The Morgan fingerprint density at radius 2 is 2.08 bits per heavy atom. The van der Waals surface area contributed by atoms with Gasteiger partial charge in [0.05, 0.1) is 10.9 Å². The van der Waals surface area contributed by atoms with Crippen LogP contribution in [0, 0.1) is 16.4 Å². The summed E-state index contributed by atoms with van der Waals surface area (Å²) >= 11 is 6.75. The minimum absolute atomic E-state index is 0.308. The summed E-state index contributed by atoms with van der Waals surface area (Å²) in [6, 6.07) is 6.20. The van der Waals surface area contributed by atoms with Gasteiger partial charge in [0.25, 0.3) is 0 Å². The Balaban J connectivity index is 1.81. The maximum Gasteiger partial charge on any atom is 0.243 e. The van der Waals surface area contributed by atoms with Gasteiger partial charge in [-0.1, -0.05) is 12.1 Å². The maximum atomic E-state index is 13.4. The van der Waals surface area contributed by atoms with Crippen LogP contribution in [0.5, 0.6) is 0 Å². The molecule has 0 bridgehead atoms. The number of rotatable bonds is 5. The van der Waals surface area contributed by atoms with Crippen LogP contribution in [0.2, 0.25) is 0 Å². The number of hydrogen-bond acceptors (Lipinski definition) is 4. The zero-order valence-corrected chi connectivity index (χ0v) is 15.6. The number of carbonyl (C=O) groups is 1. The largest absolute Gasteiger partial charge is 0.348 e. The van der Waals surface area contributed by atoms with Crippen molar-refractivity contribution in [2.75, 3.05) is 0 Å². The summed E-state index contributed by atoms with van der Waals surface area (Å²) in [5.74, 6) is -1.61. The molecule has 0 spiro atoms. The Kier molecular flexibility index (Phi) is 5.28. The number of aromatic amines is 1. The van der Waals surface area contributed by atoms with E-state index in [2.05, 4.69) is 15.5 Å². The summed E-state index contributed by atoms with van der Waals surface area (Å²) in [4.78, 5) is 13.5. The predicted molar refractivity (Wildman–Crippen MR) is 98.4 cm³/mol. The molecule has 0 unspecified atom stereocenters. The Labute approximate surface area is 157 Å². The van der Waals surface area contributed by atoms with Gasteiger partial charge in [0.2, 0.25) is 5.91 Å². The van der Waals surface area contributed by atoms with Crippen molar-refractivity contribution in [2.45, 2.75) is 25.9 Å². The fraction of sp³-hybridized carbons (Fsp3) is 0.235. The van der Waals surface area contributed by atoms with Crippen molar-refractivity contribution < 1.29 is 13.6 Å². The fourth-order valence-corrected chi connectivity index (χ4v) is 3.56. The van der Waals surface area contributed by atoms with Crippen molar-refractivity contribution >= 4 is 29.5 Å². The van der Waals surface area contributed by atoms with Gasteiger partial charge in [-0.15, -0.1) is 11.3 Å². The number of H-pyrrole nitrogens is 1. The lowest BCUT2D eigenvalue weighted by Gasteiger charge is -2.19. The standard InChI is InChI=1S/C17H16F2N4OS2/c1-9(11-5-6-12(18)13(19)8-11)20-16(24)10(2)23-15(21-22-17(23)25)14-4-3-7-26-14/h3-10H,1-2H3,(H,20,24)(H,22,25)/t9-,10-/m0/s1. The van der Waals surface area contributed by atoms with Crippen LogP contribution in [0.1, 0.15) is 31.5 Å². The van der Waals surface area contributed by atoms with Gasteiger partial charge < -0.3 is 5.32 Å². The lowest BCUT2D eigenvalue weighted by molar-refractivity contribution is -0.124. The number of amides is 1. The zero-order valence-electron chi connectivity index (χ0n) is 14.0. The summed E-state index contributed by atoms with van der Waals surface area (Å²) < 4.78 is 28.4. The molecule has 0 radical (unpaired) electrons. The van der Waals surface area contributed by atoms with Crippen molar-refractivity contribution in [3.63, 3.8) is 0 Å². The van der Waals surface area contributed by atoms with E-state index in [4.69, 9.17) is 12.2 Å². The first-order valence-corrected chi connectivity index (χ1v) is 9.13. The Morgan fingerprint density at radius 3 is 2.73 bits per heavy atom. The van der Waals surface area contributed by atoms with E-state index in [0.29, 0.717) is 16.2 Å². The Hall–Kier alpha value is -2.39. The van der Waals surface area contributed by atoms with E-state index >= 15 is 0 Å². The van der Waals surface area contributed by atoms with Crippen LogP contribution in [0.15, 0.2) is 35.7 Å². The lowest BCUT2D eigenvalue weighted by Crippen LogP contribution is -2.33. The highest BCUT2D eigenvalue weighted by atomic mass is 32.1. The second-order valence-corrected chi connectivity index (χ2v) is 7.11. The monoisotopic (exact) mass is 394 g/mol. The van der Waals surface area contributed by atoms with E-state index in [1.807, 2.05) is 17.5 Å². The summed E-state index contributed by atoms with van der Waals surface area (Å²) in [6.07, 6.45) is 0. The molecule has 3 aromatic rings. The zero-order chi connectivity index (χ0) is 18.8. The van der Waals surface area contributed by atoms with Crippen molar-refractivity contribution in [1.82, 2.24) is 20.1 Å². The molecule has 9 heteroatoms. The topological polar surface area (TPSA) is 62.7 Å². The molecule has 0 saturated heterocycles. The molecule has 2 heterocycles. The molecular formula is C17H16F2N4OS2. The molecule has 0 aliphatic carbocycles.